The highest BCUT2D eigenvalue weighted by molar-refractivity contribution is 7.99. The van der Waals surface area contributed by atoms with E-state index in [2.05, 4.69) is 16.2 Å². The van der Waals surface area contributed by atoms with E-state index in [-0.39, 0.29) is 35.5 Å². The van der Waals surface area contributed by atoms with Gasteiger partial charge in [-0.15, -0.1) is 11.8 Å². The molecule has 0 heterocycles. The van der Waals surface area contributed by atoms with Crippen molar-refractivity contribution < 1.29 is 18.8 Å². The molecule has 0 radical (unpaired) electrons. The van der Waals surface area contributed by atoms with Crippen LogP contribution in [0.1, 0.15) is 51.9 Å². The SMILES string of the molecule is CC(=O)NC12CC3CC(C1)CC(C(=O)NNC(=O)CCSc1ccc(F)cc1)(C3)C2. The van der Waals surface area contributed by atoms with E-state index in [0.717, 1.165) is 37.0 Å². The Labute approximate surface area is 180 Å². The summed E-state index contributed by atoms with van der Waals surface area (Å²) in [6.45, 7) is 1.54. The molecule has 0 aromatic heterocycles. The van der Waals surface area contributed by atoms with Crippen molar-refractivity contribution in [1.82, 2.24) is 16.2 Å². The molecule has 162 valence electrons. The fourth-order valence-corrected chi connectivity index (χ4v) is 7.01. The molecular formula is C22H28FN3O3S. The zero-order chi connectivity index (χ0) is 21.4. The van der Waals surface area contributed by atoms with E-state index in [1.54, 1.807) is 12.1 Å². The maximum atomic E-state index is 13.1. The molecule has 5 rings (SSSR count). The molecule has 3 N–H and O–H groups in total. The van der Waals surface area contributed by atoms with Gasteiger partial charge in [0.1, 0.15) is 5.82 Å². The lowest BCUT2D eigenvalue weighted by atomic mass is 9.46. The third-order valence-corrected chi connectivity index (χ3v) is 7.72. The first kappa shape index (κ1) is 21.2. The first-order valence-electron chi connectivity index (χ1n) is 10.5. The van der Waals surface area contributed by atoms with Gasteiger partial charge < -0.3 is 5.32 Å². The Balaban J connectivity index is 1.28. The quantitative estimate of drug-likeness (QED) is 0.476. The van der Waals surface area contributed by atoms with Crippen molar-refractivity contribution >= 4 is 29.5 Å². The average molecular weight is 434 g/mol. The summed E-state index contributed by atoms with van der Waals surface area (Å²) in [5.74, 6) is 0.724. The van der Waals surface area contributed by atoms with Gasteiger partial charge in [0, 0.05) is 29.5 Å². The van der Waals surface area contributed by atoms with Crippen molar-refractivity contribution in [2.24, 2.45) is 17.3 Å². The molecule has 0 spiro atoms. The van der Waals surface area contributed by atoms with Crippen LogP contribution >= 0.6 is 11.8 Å². The van der Waals surface area contributed by atoms with E-state index in [1.807, 2.05) is 0 Å². The molecule has 2 atom stereocenters. The number of carbonyl (C=O) groups excluding carboxylic acids is 3. The summed E-state index contributed by atoms with van der Waals surface area (Å²) >= 11 is 1.46. The second-order valence-electron chi connectivity index (χ2n) is 9.26. The zero-order valence-electron chi connectivity index (χ0n) is 17.1. The number of benzene rings is 1. The third kappa shape index (κ3) is 4.48. The number of hydrazine groups is 1. The van der Waals surface area contributed by atoms with Crippen LogP contribution in [0, 0.1) is 23.1 Å². The molecule has 4 aliphatic carbocycles. The van der Waals surface area contributed by atoms with Gasteiger partial charge in [-0.1, -0.05) is 0 Å². The topological polar surface area (TPSA) is 87.3 Å². The minimum Gasteiger partial charge on any atom is -0.351 e. The number of hydrogen-bond acceptors (Lipinski definition) is 4. The van der Waals surface area contributed by atoms with Crippen molar-refractivity contribution in [3.63, 3.8) is 0 Å². The van der Waals surface area contributed by atoms with Crippen molar-refractivity contribution in [2.75, 3.05) is 5.75 Å². The van der Waals surface area contributed by atoms with Crippen LogP contribution in [-0.4, -0.2) is 29.0 Å². The Kier molecular flexibility index (Phi) is 5.79. The number of thioether (sulfide) groups is 1. The number of nitrogens with one attached hydrogen (secondary N) is 3. The lowest BCUT2D eigenvalue weighted by molar-refractivity contribution is -0.154. The Morgan fingerprint density at radius 1 is 1.07 bits per heavy atom. The standard InChI is InChI=1S/C22H28FN3O3S/c1-14(27)24-22-11-15-8-16(12-22)10-21(9-15,13-22)20(29)26-25-19(28)6-7-30-18-4-2-17(23)3-5-18/h2-5,15-16H,6-13H2,1H3,(H,24,27)(H,25,28)(H,26,29). The molecule has 4 fully saturated rings. The highest BCUT2D eigenvalue weighted by atomic mass is 32.2. The molecule has 6 nitrogen and oxygen atoms in total. The molecule has 0 saturated heterocycles. The molecule has 2 unspecified atom stereocenters. The van der Waals surface area contributed by atoms with Crippen LogP contribution in [0.25, 0.3) is 0 Å². The maximum Gasteiger partial charge on any atom is 0.244 e. The summed E-state index contributed by atoms with van der Waals surface area (Å²) in [7, 11) is 0. The van der Waals surface area contributed by atoms with Crippen molar-refractivity contribution in [2.45, 2.75) is 62.3 Å². The molecule has 1 aromatic carbocycles. The fraction of sp³-hybridized carbons (Fsp3) is 0.591. The van der Waals surface area contributed by atoms with Crippen molar-refractivity contribution in [3.05, 3.63) is 30.1 Å². The second-order valence-corrected chi connectivity index (χ2v) is 10.4. The molecule has 30 heavy (non-hydrogen) atoms. The minimum absolute atomic E-state index is 0.0422. The van der Waals surface area contributed by atoms with E-state index in [0.29, 0.717) is 24.0 Å². The van der Waals surface area contributed by atoms with E-state index in [9.17, 15) is 18.8 Å². The largest absolute Gasteiger partial charge is 0.351 e. The Bertz CT molecular complexity index is 831. The monoisotopic (exact) mass is 433 g/mol. The number of amides is 3. The molecule has 3 amide bonds. The summed E-state index contributed by atoms with van der Waals surface area (Å²) < 4.78 is 12.9. The molecule has 4 saturated carbocycles. The van der Waals surface area contributed by atoms with Crippen LogP contribution in [0.5, 0.6) is 0 Å². The van der Waals surface area contributed by atoms with Crippen LogP contribution in [0.3, 0.4) is 0 Å². The maximum absolute atomic E-state index is 13.1. The van der Waals surface area contributed by atoms with Gasteiger partial charge in [-0.2, -0.15) is 0 Å². The number of rotatable bonds is 6. The van der Waals surface area contributed by atoms with Crippen molar-refractivity contribution in [1.29, 1.82) is 0 Å². The summed E-state index contributed by atoms with van der Waals surface area (Å²) in [6, 6.07) is 6.14. The van der Waals surface area contributed by atoms with Crippen LogP contribution in [0.2, 0.25) is 0 Å². The Morgan fingerprint density at radius 2 is 1.73 bits per heavy atom. The lowest BCUT2D eigenvalue weighted by Crippen LogP contribution is -2.66. The Morgan fingerprint density at radius 3 is 2.37 bits per heavy atom. The average Bonchev–Trinajstić information content (AvgIpc) is 2.65. The smallest absolute Gasteiger partial charge is 0.244 e. The number of hydrogen-bond donors (Lipinski definition) is 3. The van der Waals surface area contributed by atoms with E-state index < -0.39 is 5.41 Å². The van der Waals surface area contributed by atoms with Gasteiger partial charge in [-0.3, -0.25) is 25.2 Å². The molecule has 4 aliphatic rings. The highest BCUT2D eigenvalue weighted by Gasteiger charge is 2.60. The molecular weight excluding hydrogens is 405 g/mol. The summed E-state index contributed by atoms with van der Waals surface area (Å²) in [5.41, 5.74) is 4.43. The fourth-order valence-electron chi connectivity index (χ4n) is 6.16. The predicted octanol–water partition coefficient (Wildman–Crippen LogP) is 2.93. The van der Waals surface area contributed by atoms with Crippen LogP contribution < -0.4 is 16.2 Å². The van der Waals surface area contributed by atoms with E-state index in [4.69, 9.17) is 0 Å². The first-order chi connectivity index (χ1) is 14.3. The van der Waals surface area contributed by atoms with Gasteiger partial charge in [0.05, 0.1) is 5.41 Å². The van der Waals surface area contributed by atoms with E-state index >= 15 is 0 Å². The van der Waals surface area contributed by atoms with Crippen molar-refractivity contribution in [3.8, 4) is 0 Å². The summed E-state index contributed by atoms with van der Waals surface area (Å²) in [6.07, 6.45) is 5.57. The minimum atomic E-state index is -0.511. The second kappa shape index (κ2) is 8.21. The number of halogens is 1. The summed E-state index contributed by atoms with van der Waals surface area (Å²) in [5, 5.41) is 3.15. The zero-order valence-corrected chi connectivity index (χ0v) is 17.9. The normalized spacial score (nSPS) is 31.3. The Hall–Kier alpha value is -2.09. The third-order valence-electron chi connectivity index (χ3n) is 6.71. The molecule has 1 aromatic rings. The van der Waals surface area contributed by atoms with Crippen LogP contribution in [0.15, 0.2) is 29.2 Å². The highest BCUT2D eigenvalue weighted by Crippen LogP contribution is 2.61. The van der Waals surface area contributed by atoms with Crippen LogP contribution in [-0.2, 0) is 14.4 Å². The first-order valence-corrected chi connectivity index (χ1v) is 11.5. The number of carbonyl (C=O) groups is 3. The van der Waals surface area contributed by atoms with Gasteiger partial charge in [0.25, 0.3) is 0 Å². The van der Waals surface area contributed by atoms with Gasteiger partial charge in [-0.25, -0.2) is 4.39 Å². The van der Waals surface area contributed by atoms with E-state index in [1.165, 1.54) is 30.8 Å². The van der Waals surface area contributed by atoms with Gasteiger partial charge in [0.2, 0.25) is 17.7 Å². The lowest BCUT2D eigenvalue weighted by Gasteiger charge is -2.61. The van der Waals surface area contributed by atoms with Gasteiger partial charge >= 0.3 is 0 Å². The van der Waals surface area contributed by atoms with Crippen LogP contribution in [0.4, 0.5) is 4.39 Å². The molecule has 8 heteroatoms. The predicted molar refractivity (Wildman–Crippen MR) is 112 cm³/mol. The van der Waals surface area contributed by atoms with Gasteiger partial charge in [-0.05, 0) is 74.6 Å². The molecule has 4 bridgehead atoms. The molecule has 0 aliphatic heterocycles. The van der Waals surface area contributed by atoms with Gasteiger partial charge in [0.15, 0.2) is 0 Å². The summed E-state index contributed by atoms with van der Waals surface area (Å²) in [4.78, 5) is 37.9.